The van der Waals surface area contributed by atoms with Gasteiger partial charge < -0.3 is 15.0 Å². The molecule has 0 spiro atoms. The number of aromatic nitrogens is 2. The van der Waals surface area contributed by atoms with Gasteiger partial charge in [-0.15, -0.1) is 0 Å². The molecule has 0 aliphatic carbocycles. The van der Waals surface area contributed by atoms with Crippen LogP contribution in [0.1, 0.15) is 48.6 Å². The molecule has 136 valence electrons. The van der Waals surface area contributed by atoms with Crippen LogP contribution in [-0.2, 0) is 12.6 Å². The molecular formula is C20H22ClN3O2. The average molecular weight is 372 g/mol. The van der Waals surface area contributed by atoms with Crippen LogP contribution in [-0.4, -0.2) is 20.6 Å². The lowest BCUT2D eigenvalue weighted by molar-refractivity contribution is 0.0737. The van der Waals surface area contributed by atoms with Gasteiger partial charge in [0.25, 0.3) is 5.91 Å². The first-order valence-corrected chi connectivity index (χ1v) is 8.79. The smallest absolute Gasteiger partial charge is 0.268 e. The summed E-state index contributed by atoms with van der Waals surface area (Å²) < 4.78 is 1.83. The molecule has 2 heterocycles. The van der Waals surface area contributed by atoms with Crippen molar-refractivity contribution in [2.75, 3.05) is 0 Å². The summed E-state index contributed by atoms with van der Waals surface area (Å²) in [6.45, 7) is 5.28. The van der Waals surface area contributed by atoms with Gasteiger partial charge in [-0.1, -0.05) is 23.7 Å². The lowest BCUT2D eigenvalue weighted by atomic mass is 10.0. The number of pyridine rings is 1. The molecule has 0 aliphatic rings. The zero-order valence-corrected chi connectivity index (χ0v) is 16.0. The Labute approximate surface area is 157 Å². The van der Waals surface area contributed by atoms with Crippen LogP contribution in [0.25, 0.3) is 10.9 Å². The highest BCUT2D eigenvalue weighted by Crippen LogP contribution is 2.24. The zero-order valence-electron chi connectivity index (χ0n) is 15.2. The van der Waals surface area contributed by atoms with Crippen molar-refractivity contribution in [3.8, 4) is 0 Å². The lowest BCUT2D eigenvalue weighted by Gasteiger charge is -2.18. The van der Waals surface area contributed by atoms with E-state index in [1.54, 1.807) is 26.1 Å². The number of nitrogens with zero attached hydrogens (tertiary/aromatic N) is 2. The predicted molar refractivity (Wildman–Crippen MR) is 103 cm³/mol. The Morgan fingerprint density at radius 2 is 2.00 bits per heavy atom. The van der Waals surface area contributed by atoms with Crippen molar-refractivity contribution < 1.29 is 9.90 Å². The van der Waals surface area contributed by atoms with Gasteiger partial charge in [-0.3, -0.25) is 9.78 Å². The molecule has 1 amide bonds. The van der Waals surface area contributed by atoms with E-state index >= 15 is 0 Å². The number of aryl methyl sites for hydroxylation is 1. The molecular weight excluding hydrogens is 350 g/mol. The minimum Gasteiger partial charge on any atom is -0.384 e. The normalized spacial score (nSPS) is 13.0. The first-order valence-electron chi connectivity index (χ1n) is 8.41. The number of nitrogens with one attached hydrogen (secondary N) is 1. The molecule has 5 nitrogen and oxygen atoms in total. The monoisotopic (exact) mass is 371 g/mol. The fourth-order valence-electron chi connectivity index (χ4n) is 2.90. The van der Waals surface area contributed by atoms with Crippen molar-refractivity contribution in [3.05, 3.63) is 64.6 Å². The van der Waals surface area contributed by atoms with Gasteiger partial charge >= 0.3 is 0 Å². The highest BCUT2D eigenvalue weighted by Gasteiger charge is 2.19. The molecule has 0 saturated heterocycles. The number of amides is 1. The second-order valence-corrected chi connectivity index (χ2v) is 7.46. The summed E-state index contributed by atoms with van der Waals surface area (Å²) in [5.41, 5.74) is 1.94. The van der Waals surface area contributed by atoms with Crippen molar-refractivity contribution in [1.82, 2.24) is 14.9 Å². The van der Waals surface area contributed by atoms with E-state index < -0.39 is 5.60 Å². The number of hydrogen-bond acceptors (Lipinski definition) is 3. The Balaban J connectivity index is 1.80. The van der Waals surface area contributed by atoms with Crippen LogP contribution in [0.2, 0.25) is 5.02 Å². The van der Waals surface area contributed by atoms with Crippen molar-refractivity contribution in [2.45, 2.75) is 32.4 Å². The van der Waals surface area contributed by atoms with E-state index in [-0.39, 0.29) is 11.9 Å². The van der Waals surface area contributed by atoms with Crippen LogP contribution in [0.15, 0.2) is 42.6 Å². The molecule has 0 radical (unpaired) electrons. The van der Waals surface area contributed by atoms with Crippen LogP contribution in [0, 0.1) is 0 Å². The van der Waals surface area contributed by atoms with Gasteiger partial charge in [0.05, 0.1) is 11.7 Å². The van der Waals surface area contributed by atoms with E-state index in [0.29, 0.717) is 16.4 Å². The topological polar surface area (TPSA) is 67.2 Å². The summed E-state index contributed by atoms with van der Waals surface area (Å²) in [5, 5.41) is 14.6. The molecule has 0 fully saturated rings. The second kappa shape index (κ2) is 6.74. The maximum atomic E-state index is 12.7. The van der Waals surface area contributed by atoms with E-state index in [0.717, 1.165) is 16.5 Å². The van der Waals surface area contributed by atoms with Gasteiger partial charge in [0.2, 0.25) is 0 Å². The van der Waals surface area contributed by atoms with Gasteiger partial charge in [-0.2, -0.15) is 0 Å². The van der Waals surface area contributed by atoms with Gasteiger partial charge in [-0.05, 0) is 50.6 Å². The number of halogens is 1. The minimum absolute atomic E-state index is 0.168. The standard InChI is InChI=1S/C20H22ClN3O2/c1-12(14-6-8-18(22-11-14)20(2,3)26)23-19(25)17-9-13-5-7-15(21)10-16(13)24(17)4/h5-12,26H,1-4H3,(H,23,25). The van der Waals surface area contributed by atoms with Crippen LogP contribution in [0.3, 0.4) is 0 Å². The highest BCUT2D eigenvalue weighted by atomic mass is 35.5. The molecule has 1 atom stereocenters. The van der Waals surface area contributed by atoms with E-state index in [4.69, 9.17) is 11.6 Å². The Bertz CT molecular complexity index is 956. The summed E-state index contributed by atoms with van der Waals surface area (Å²) in [4.78, 5) is 17.0. The van der Waals surface area contributed by atoms with E-state index in [1.807, 2.05) is 48.9 Å². The van der Waals surface area contributed by atoms with Crippen molar-refractivity contribution in [2.24, 2.45) is 7.05 Å². The molecule has 0 aliphatic heterocycles. The lowest BCUT2D eigenvalue weighted by Crippen LogP contribution is -2.28. The molecule has 2 N–H and O–H groups in total. The van der Waals surface area contributed by atoms with Crippen LogP contribution in [0.4, 0.5) is 0 Å². The number of hydrogen-bond donors (Lipinski definition) is 2. The second-order valence-electron chi connectivity index (χ2n) is 7.02. The number of carbonyl (C=O) groups is 1. The molecule has 0 saturated carbocycles. The molecule has 0 bridgehead atoms. The van der Waals surface area contributed by atoms with Crippen molar-refractivity contribution >= 4 is 28.4 Å². The molecule has 2 aromatic heterocycles. The number of carbonyl (C=O) groups excluding carboxylic acids is 1. The van der Waals surface area contributed by atoms with Crippen molar-refractivity contribution in [3.63, 3.8) is 0 Å². The summed E-state index contributed by atoms with van der Waals surface area (Å²) in [6, 6.07) is 10.8. The van der Waals surface area contributed by atoms with Crippen LogP contribution >= 0.6 is 11.6 Å². The third-order valence-corrected chi connectivity index (χ3v) is 4.74. The minimum atomic E-state index is -0.991. The zero-order chi connectivity index (χ0) is 19.1. The quantitative estimate of drug-likeness (QED) is 0.729. The van der Waals surface area contributed by atoms with Crippen LogP contribution < -0.4 is 5.32 Å². The fraction of sp³-hybridized carbons (Fsp3) is 0.300. The van der Waals surface area contributed by atoms with Gasteiger partial charge in [0, 0.05) is 29.2 Å². The van der Waals surface area contributed by atoms with E-state index in [1.165, 1.54) is 0 Å². The predicted octanol–water partition coefficient (Wildman–Crippen LogP) is 3.95. The third-order valence-electron chi connectivity index (χ3n) is 4.50. The average Bonchev–Trinajstić information content (AvgIpc) is 2.91. The fourth-order valence-corrected chi connectivity index (χ4v) is 3.06. The molecule has 1 unspecified atom stereocenters. The molecule has 3 aromatic rings. The number of fused-ring (bicyclic) bond motifs is 1. The Hall–Kier alpha value is -2.37. The summed E-state index contributed by atoms with van der Waals surface area (Å²) in [7, 11) is 1.85. The highest BCUT2D eigenvalue weighted by molar-refractivity contribution is 6.31. The molecule has 26 heavy (non-hydrogen) atoms. The maximum absolute atomic E-state index is 12.7. The van der Waals surface area contributed by atoms with Crippen LogP contribution in [0.5, 0.6) is 0 Å². The Kier molecular flexibility index (Phi) is 4.78. The van der Waals surface area contributed by atoms with Gasteiger partial charge in [-0.25, -0.2) is 0 Å². The summed E-state index contributed by atoms with van der Waals surface area (Å²) in [5.74, 6) is -0.168. The largest absolute Gasteiger partial charge is 0.384 e. The first kappa shape index (κ1) is 18.4. The van der Waals surface area contributed by atoms with Gasteiger partial charge in [0.1, 0.15) is 11.3 Å². The summed E-state index contributed by atoms with van der Waals surface area (Å²) in [6.07, 6.45) is 1.68. The van der Waals surface area contributed by atoms with E-state index in [9.17, 15) is 9.90 Å². The molecule has 1 aromatic carbocycles. The van der Waals surface area contributed by atoms with E-state index in [2.05, 4.69) is 10.3 Å². The first-order chi connectivity index (χ1) is 12.2. The Morgan fingerprint density at radius 1 is 1.27 bits per heavy atom. The maximum Gasteiger partial charge on any atom is 0.268 e. The Morgan fingerprint density at radius 3 is 2.62 bits per heavy atom. The van der Waals surface area contributed by atoms with Crippen molar-refractivity contribution in [1.29, 1.82) is 0 Å². The molecule has 3 rings (SSSR count). The number of aliphatic hydroxyl groups is 1. The summed E-state index contributed by atoms with van der Waals surface area (Å²) >= 11 is 6.05. The van der Waals surface area contributed by atoms with Gasteiger partial charge in [0.15, 0.2) is 0 Å². The molecule has 6 heteroatoms. The number of benzene rings is 1. The third kappa shape index (κ3) is 3.59. The SMILES string of the molecule is CC(NC(=O)c1cc2ccc(Cl)cc2n1C)c1ccc(C(C)(C)O)nc1. The number of rotatable bonds is 4.